The van der Waals surface area contributed by atoms with Crippen molar-refractivity contribution in [3.05, 3.63) is 34.9 Å². The summed E-state index contributed by atoms with van der Waals surface area (Å²) in [5.41, 5.74) is 1.25. The van der Waals surface area contributed by atoms with Crippen molar-refractivity contribution in [3.63, 3.8) is 0 Å². The van der Waals surface area contributed by atoms with Crippen LogP contribution in [-0.4, -0.2) is 30.4 Å². The van der Waals surface area contributed by atoms with Crippen molar-refractivity contribution in [2.24, 2.45) is 5.92 Å². The van der Waals surface area contributed by atoms with E-state index in [1.807, 2.05) is 19.1 Å². The van der Waals surface area contributed by atoms with E-state index in [1.165, 1.54) is 5.56 Å². The summed E-state index contributed by atoms with van der Waals surface area (Å²) in [4.78, 5) is 14.2. The third kappa shape index (κ3) is 4.22. The zero-order valence-electron chi connectivity index (χ0n) is 11.4. The van der Waals surface area contributed by atoms with Gasteiger partial charge in [-0.2, -0.15) is 0 Å². The first-order valence-corrected chi connectivity index (χ1v) is 7.31. The summed E-state index contributed by atoms with van der Waals surface area (Å²) in [6.07, 6.45) is 2.10. The Morgan fingerprint density at radius 1 is 1.42 bits per heavy atom. The molecule has 0 bridgehead atoms. The van der Waals surface area contributed by atoms with Gasteiger partial charge in [-0.15, -0.1) is 0 Å². The molecule has 1 aliphatic rings. The van der Waals surface area contributed by atoms with E-state index in [0.717, 1.165) is 37.5 Å². The second-order valence-corrected chi connectivity index (χ2v) is 5.53. The molecule has 1 fully saturated rings. The lowest BCUT2D eigenvalue weighted by Crippen LogP contribution is -2.42. The molecule has 0 aliphatic carbocycles. The van der Waals surface area contributed by atoms with Crippen LogP contribution < -0.4 is 5.32 Å². The monoisotopic (exact) mass is 280 g/mol. The zero-order chi connectivity index (χ0) is 13.7. The molecule has 1 aromatic rings. The molecule has 1 N–H and O–H groups in total. The molecule has 0 saturated carbocycles. The van der Waals surface area contributed by atoms with Crippen LogP contribution in [0.5, 0.6) is 0 Å². The van der Waals surface area contributed by atoms with Crippen molar-refractivity contribution >= 4 is 17.5 Å². The van der Waals surface area contributed by atoms with E-state index >= 15 is 0 Å². The summed E-state index contributed by atoms with van der Waals surface area (Å²) < 4.78 is 0. The van der Waals surface area contributed by atoms with Gasteiger partial charge in [-0.3, -0.25) is 9.69 Å². The van der Waals surface area contributed by atoms with Gasteiger partial charge in [-0.05, 0) is 44.0 Å². The van der Waals surface area contributed by atoms with E-state index < -0.39 is 0 Å². The highest BCUT2D eigenvalue weighted by molar-refractivity contribution is 6.30. The fourth-order valence-electron chi connectivity index (χ4n) is 2.58. The van der Waals surface area contributed by atoms with Gasteiger partial charge in [0, 0.05) is 24.7 Å². The van der Waals surface area contributed by atoms with Crippen molar-refractivity contribution in [2.75, 3.05) is 19.6 Å². The molecule has 0 spiro atoms. The van der Waals surface area contributed by atoms with Gasteiger partial charge < -0.3 is 5.32 Å². The highest BCUT2D eigenvalue weighted by Crippen LogP contribution is 2.19. The molecular formula is C15H21ClN2O. The summed E-state index contributed by atoms with van der Waals surface area (Å²) in [7, 11) is 0. The van der Waals surface area contributed by atoms with Crippen LogP contribution >= 0.6 is 11.6 Å². The van der Waals surface area contributed by atoms with E-state index in [1.54, 1.807) is 0 Å². The molecule has 1 aliphatic heterocycles. The molecule has 19 heavy (non-hydrogen) atoms. The van der Waals surface area contributed by atoms with Gasteiger partial charge in [-0.1, -0.05) is 23.7 Å². The smallest absolute Gasteiger partial charge is 0.224 e. The summed E-state index contributed by atoms with van der Waals surface area (Å²) in [5.74, 6) is 0.337. The summed E-state index contributed by atoms with van der Waals surface area (Å²) in [6.45, 7) is 5.50. The Morgan fingerprint density at radius 3 is 2.84 bits per heavy atom. The Balaban J connectivity index is 1.90. The van der Waals surface area contributed by atoms with Gasteiger partial charge in [0.2, 0.25) is 5.91 Å². The summed E-state index contributed by atoms with van der Waals surface area (Å²) in [5, 5.41) is 3.69. The number of nitrogens with zero attached hydrogens (tertiary/aromatic N) is 1. The molecule has 2 rings (SSSR count). The SMILES string of the molecule is CCNC(=O)[C@@H]1CCCN(Cc2ccc(Cl)cc2)C1. The average Bonchev–Trinajstić information content (AvgIpc) is 2.42. The fraction of sp³-hybridized carbons (Fsp3) is 0.533. The Morgan fingerprint density at radius 2 is 2.16 bits per heavy atom. The molecule has 1 amide bonds. The first-order valence-electron chi connectivity index (χ1n) is 6.93. The fourth-order valence-corrected chi connectivity index (χ4v) is 2.71. The molecule has 1 atom stereocenters. The summed E-state index contributed by atoms with van der Waals surface area (Å²) in [6, 6.07) is 7.94. The largest absolute Gasteiger partial charge is 0.356 e. The number of hydrogen-bond donors (Lipinski definition) is 1. The lowest BCUT2D eigenvalue weighted by molar-refractivity contribution is -0.126. The van der Waals surface area contributed by atoms with Crippen LogP contribution in [0.15, 0.2) is 24.3 Å². The van der Waals surface area contributed by atoms with Crippen LogP contribution in [0.1, 0.15) is 25.3 Å². The number of likely N-dealkylation sites (tertiary alicyclic amines) is 1. The number of piperidine rings is 1. The third-order valence-corrected chi connectivity index (χ3v) is 3.80. The quantitative estimate of drug-likeness (QED) is 0.920. The number of nitrogens with one attached hydrogen (secondary N) is 1. The summed E-state index contributed by atoms with van der Waals surface area (Å²) >= 11 is 5.89. The number of amides is 1. The van der Waals surface area contributed by atoms with E-state index in [4.69, 9.17) is 11.6 Å². The first kappa shape index (κ1) is 14.4. The van der Waals surface area contributed by atoms with Gasteiger partial charge >= 0.3 is 0 Å². The average molecular weight is 281 g/mol. The Kier molecular flexibility index (Phi) is 5.23. The molecule has 1 aromatic carbocycles. The molecule has 3 nitrogen and oxygen atoms in total. The molecule has 1 saturated heterocycles. The van der Waals surface area contributed by atoms with Gasteiger partial charge in [0.1, 0.15) is 0 Å². The van der Waals surface area contributed by atoms with Crippen LogP contribution in [0.2, 0.25) is 5.02 Å². The second kappa shape index (κ2) is 6.92. The van der Waals surface area contributed by atoms with E-state index in [9.17, 15) is 4.79 Å². The van der Waals surface area contributed by atoms with Gasteiger partial charge in [0.25, 0.3) is 0 Å². The van der Waals surface area contributed by atoms with Crippen LogP contribution in [0.3, 0.4) is 0 Å². The molecule has 1 heterocycles. The molecular weight excluding hydrogens is 260 g/mol. The van der Waals surface area contributed by atoms with Gasteiger partial charge in [0.05, 0.1) is 5.92 Å². The van der Waals surface area contributed by atoms with Crippen LogP contribution in [0.4, 0.5) is 0 Å². The van der Waals surface area contributed by atoms with Crippen LogP contribution in [-0.2, 0) is 11.3 Å². The third-order valence-electron chi connectivity index (χ3n) is 3.55. The zero-order valence-corrected chi connectivity index (χ0v) is 12.1. The minimum absolute atomic E-state index is 0.140. The Bertz CT molecular complexity index is 419. The minimum atomic E-state index is 0.140. The molecule has 0 unspecified atom stereocenters. The second-order valence-electron chi connectivity index (χ2n) is 5.10. The topological polar surface area (TPSA) is 32.3 Å². The normalized spacial score (nSPS) is 20.2. The first-order chi connectivity index (χ1) is 9.19. The van der Waals surface area contributed by atoms with Crippen molar-refractivity contribution in [2.45, 2.75) is 26.3 Å². The maximum Gasteiger partial charge on any atom is 0.224 e. The number of carbonyl (C=O) groups excluding carboxylic acids is 1. The van der Waals surface area contributed by atoms with Gasteiger partial charge in [0.15, 0.2) is 0 Å². The predicted octanol–water partition coefficient (Wildman–Crippen LogP) is 2.69. The highest BCUT2D eigenvalue weighted by Gasteiger charge is 2.25. The van der Waals surface area contributed by atoms with Crippen molar-refractivity contribution in [1.29, 1.82) is 0 Å². The molecule has 104 valence electrons. The van der Waals surface area contributed by atoms with Gasteiger partial charge in [-0.25, -0.2) is 0 Å². The van der Waals surface area contributed by atoms with Crippen molar-refractivity contribution in [3.8, 4) is 0 Å². The van der Waals surface area contributed by atoms with E-state index in [-0.39, 0.29) is 11.8 Å². The number of rotatable bonds is 4. The predicted molar refractivity (Wildman–Crippen MR) is 78.1 cm³/mol. The lowest BCUT2D eigenvalue weighted by atomic mass is 9.96. The molecule has 0 radical (unpaired) electrons. The number of carbonyl (C=O) groups is 1. The van der Waals surface area contributed by atoms with Crippen LogP contribution in [0, 0.1) is 5.92 Å². The van der Waals surface area contributed by atoms with Crippen LogP contribution in [0.25, 0.3) is 0 Å². The van der Waals surface area contributed by atoms with E-state index in [0.29, 0.717) is 6.54 Å². The minimum Gasteiger partial charge on any atom is -0.356 e. The standard InChI is InChI=1S/C15H21ClN2O/c1-2-17-15(19)13-4-3-9-18(11-13)10-12-5-7-14(16)8-6-12/h5-8,13H,2-4,9-11H2,1H3,(H,17,19)/t13-/m1/s1. The van der Waals surface area contributed by atoms with E-state index in [2.05, 4.69) is 22.3 Å². The Hall–Kier alpha value is -1.06. The van der Waals surface area contributed by atoms with Crippen molar-refractivity contribution in [1.82, 2.24) is 10.2 Å². The lowest BCUT2D eigenvalue weighted by Gasteiger charge is -2.32. The Labute approximate surface area is 119 Å². The maximum atomic E-state index is 11.9. The molecule has 4 heteroatoms. The van der Waals surface area contributed by atoms with Crippen molar-refractivity contribution < 1.29 is 4.79 Å². The maximum absolute atomic E-state index is 11.9. The number of hydrogen-bond acceptors (Lipinski definition) is 2. The number of benzene rings is 1. The number of halogens is 1. The molecule has 0 aromatic heterocycles. The highest BCUT2D eigenvalue weighted by atomic mass is 35.5.